The minimum absolute atomic E-state index is 0.338. The minimum Gasteiger partial charge on any atom is -0.370 e. The molecule has 1 atom stereocenters. The normalized spacial score (nSPS) is 26.0. The number of nitrogens with one attached hydrogen (secondary N) is 1. The van der Waals surface area contributed by atoms with Gasteiger partial charge >= 0.3 is 0 Å². The van der Waals surface area contributed by atoms with Crippen molar-refractivity contribution >= 4 is 23.2 Å². The van der Waals surface area contributed by atoms with Gasteiger partial charge in [0.25, 0.3) is 5.91 Å². The quantitative estimate of drug-likeness (QED) is 0.882. The first-order valence-electron chi connectivity index (χ1n) is 7.65. The van der Waals surface area contributed by atoms with Crippen LogP contribution in [-0.2, 0) is 0 Å². The van der Waals surface area contributed by atoms with Gasteiger partial charge in [-0.1, -0.05) is 11.6 Å². The lowest BCUT2D eigenvalue weighted by atomic mass is 9.74. The Morgan fingerprint density at radius 3 is 2.86 bits per heavy atom. The van der Waals surface area contributed by atoms with E-state index in [0.717, 1.165) is 38.3 Å². The smallest absolute Gasteiger partial charge is 0.250 e. The molecule has 0 bridgehead atoms. The first-order chi connectivity index (χ1) is 10.1. The highest BCUT2D eigenvalue weighted by atomic mass is 35.5. The molecule has 0 aliphatic carbocycles. The molecule has 3 rings (SSSR count). The van der Waals surface area contributed by atoms with Gasteiger partial charge in [0.1, 0.15) is 0 Å². The Morgan fingerprint density at radius 1 is 1.33 bits per heavy atom. The van der Waals surface area contributed by atoms with Crippen LogP contribution in [0.1, 0.15) is 36.0 Å². The molecule has 5 heteroatoms. The third-order valence-corrected chi connectivity index (χ3v) is 5.02. The molecule has 21 heavy (non-hydrogen) atoms. The van der Waals surface area contributed by atoms with E-state index >= 15 is 0 Å². The van der Waals surface area contributed by atoms with E-state index in [9.17, 15) is 4.79 Å². The van der Waals surface area contributed by atoms with Crippen molar-refractivity contribution in [3.63, 3.8) is 0 Å². The Hall–Kier alpha value is -1.26. The van der Waals surface area contributed by atoms with E-state index in [2.05, 4.69) is 10.2 Å². The Kier molecular flexibility index (Phi) is 4.09. The summed E-state index contributed by atoms with van der Waals surface area (Å²) in [6, 6.07) is 5.45. The van der Waals surface area contributed by atoms with E-state index < -0.39 is 5.91 Å². The number of piperidine rings is 2. The van der Waals surface area contributed by atoms with Gasteiger partial charge in [-0.05, 0) is 50.4 Å². The fourth-order valence-electron chi connectivity index (χ4n) is 3.77. The van der Waals surface area contributed by atoms with E-state index in [1.54, 1.807) is 6.07 Å². The van der Waals surface area contributed by atoms with Gasteiger partial charge in [-0.3, -0.25) is 4.79 Å². The first-order valence-corrected chi connectivity index (χ1v) is 8.03. The van der Waals surface area contributed by atoms with Crippen molar-refractivity contribution in [3.05, 3.63) is 28.8 Å². The molecular weight excluding hydrogens is 286 g/mol. The van der Waals surface area contributed by atoms with Crippen molar-refractivity contribution in [1.82, 2.24) is 5.32 Å². The predicted octanol–water partition coefficient (Wildman–Crippen LogP) is 2.41. The van der Waals surface area contributed by atoms with Crippen molar-refractivity contribution in [1.29, 1.82) is 0 Å². The second-order valence-corrected chi connectivity index (χ2v) is 6.77. The molecule has 2 fully saturated rings. The van der Waals surface area contributed by atoms with Crippen LogP contribution in [0.4, 0.5) is 5.69 Å². The SMILES string of the molecule is NC(=O)c1cc(Cl)ccc1N1CCCC2(CCCNC2)C1. The van der Waals surface area contributed by atoms with E-state index in [4.69, 9.17) is 17.3 Å². The zero-order chi connectivity index (χ0) is 14.9. The molecule has 3 N–H and O–H groups in total. The summed E-state index contributed by atoms with van der Waals surface area (Å²) in [5, 5.41) is 4.08. The highest BCUT2D eigenvalue weighted by molar-refractivity contribution is 6.31. The van der Waals surface area contributed by atoms with E-state index in [-0.39, 0.29) is 0 Å². The second-order valence-electron chi connectivity index (χ2n) is 6.33. The van der Waals surface area contributed by atoms with Crippen LogP contribution in [0.3, 0.4) is 0 Å². The van der Waals surface area contributed by atoms with Crippen LogP contribution in [0.15, 0.2) is 18.2 Å². The summed E-state index contributed by atoms with van der Waals surface area (Å²) in [7, 11) is 0. The standard InChI is InChI=1S/C16H22ClN3O/c17-12-3-4-14(13(9-12)15(18)21)20-8-2-6-16(11-20)5-1-7-19-10-16/h3-4,9,19H,1-2,5-8,10-11H2,(H2,18,21). The Labute approximate surface area is 130 Å². The number of halogens is 1. The summed E-state index contributed by atoms with van der Waals surface area (Å²) in [5.74, 6) is -0.408. The zero-order valence-corrected chi connectivity index (χ0v) is 13.0. The number of rotatable bonds is 2. The molecule has 2 saturated heterocycles. The van der Waals surface area contributed by atoms with Gasteiger partial charge in [0.15, 0.2) is 0 Å². The maximum absolute atomic E-state index is 11.7. The second kappa shape index (κ2) is 5.85. The average molecular weight is 308 g/mol. The predicted molar refractivity (Wildman–Crippen MR) is 86.0 cm³/mol. The van der Waals surface area contributed by atoms with Crippen LogP contribution < -0.4 is 16.0 Å². The fourth-order valence-corrected chi connectivity index (χ4v) is 3.95. The number of nitrogens with two attached hydrogens (primary N) is 1. The van der Waals surface area contributed by atoms with Crippen LogP contribution in [0, 0.1) is 5.41 Å². The highest BCUT2D eigenvalue weighted by Crippen LogP contribution is 2.38. The summed E-state index contributed by atoms with van der Waals surface area (Å²) in [6.45, 7) is 4.16. The van der Waals surface area contributed by atoms with Gasteiger partial charge in [0.05, 0.1) is 5.56 Å². The van der Waals surface area contributed by atoms with Crippen LogP contribution in [0.5, 0.6) is 0 Å². The molecule has 4 nitrogen and oxygen atoms in total. The molecule has 1 amide bonds. The molecule has 1 aromatic carbocycles. The lowest BCUT2D eigenvalue weighted by Crippen LogP contribution is -2.51. The molecule has 2 heterocycles. The fraction of sp³-hybridized carbons (Fsp3) is 0.562. The van der Waals surface area contributed by atoms with E-state index in [1.807, 2.05) is 12.1 Å². The largest absolute Gasteiger partial charge is 0.370 e. The van der Waals surface area contributed by atoms with Crippen molar-refractivity contribution in [3.8, 4) is 0 Å². The molecule has 2 aliphatic rings. The lowest BCUT2D eigenvalue weighted by Gasteiger charge is -2.46. The molecule has 114 valence electrons. The molecule has 2 aliphatic heterocycles. The molecule has 0 aromatic heterocycles. The van der Waals surface area contributed by atoms with Crippen LogP contribution in [0.2, 0.25) is 5.02 Å². The Morgan fingerprint density at radius 2 is 2.14 bits per heavy atom. The van der Waals surface area contributed by atoms with E-state index in [1.165, 1.54) is 19.3 Å². The van der Waals surface area contributed by atoms with Gasteiger partial charge in [-0.2, -0.15) is 0 Å². The average Bonchev–Trinajstić information content (AvgIpc) is 2.48. The monoisotopic (exact) mass is 307 g/mol. The van der Waals surface area contributed by atoms with Crippen LogP contribution in [0.25, 0.3) is 0 Å². The molecule has 0 saturated carbocycles. The summed E-state index contributed by atoms with van der Waals surface area (Å²) >= 11 is 6.01. The maximum Gasteiger partial charge on any atom is 0.250 e. The van der Waals surface area contributed by atoms with Crippen molar-refractivity contribution in [2.24, 2.45) is 11.1 Å². The zero-order valence-electron chi connectivity index (χ0n) is 12.2. The summed E-state index contributed by atoms with van der Waals surface area (Å²) in [4.78, 5) is 14.0. The molecule has 1 aromatic rings. The van der Waals surface area contributed by atoms with E-state index in [0.29, 0.717) is 16.0 Å². The molecule has 1 spiro atoms. The third-order valence-electron chi connectivity index (χ3n) is 4.79. The number of carbonyl (C=O) groups excluding carboxylic acids is 1. The number of hydrogen-bond acceptors (Lipinski definition) is 3. The summed E-state index contributed by atoms with van der Waals surface area (Å²) < 4.78 is 0. The van der Waals surface area contributed by atoms with Gasteiger partial charge < -0.3 is 16.0 Å². The molecular formula is C16H22ClN3O. The van der Waals surface area contributed by atoms with Gasteiger partial charge in [-0.25, -0.2) is 0 Å². The Balaban J connectivity index is 1.88. The van der Waals surface area contributed by atoms with Gasteiger partial charge in [-0.15, -0.1) is 0 Å². The van der Waals surface area contributed by atoms with Crippen LogP contribution in [-0.4, -0.2) is 32.1 Å². The molecule has 1 unspecified atom stereocenters. The van der Waals surface area contributed by atoms with Gasteiger partial charge in [0.2, 0.25) is 0 Å². The number of carbonyl (C=O) groups is 1. The first kappa shape index (κ1) is 14.7. The molecule has 0 radical (unpaired) electrons. The number of primary amides is 1. The van der Waals surface area contributed by atoms with Crippen molar-refractivity contribution in [2.75, 3.05) is 31.1 Å². The van der Waals surface area contributed by atoms with Gasteiger partial charge in [0, 0.05) is 35.8 Å². The minimum atomic E-state index is -0.408. The van der Waals surface area contributed by atoms with Crippen molar-refractivity contribution in [2.45, 2.75) is 25.7 Å². The third kappa shape index (κ3) is 3.01. The lowest BCUT2D eigenvalue weighted by molar-refractivity contribution is 0.1000. The summed E-state index contributed by atoms with van der Waals surface area (Å²) in [5.41, 5.74) is 7.32. The Bertz CT molecular complexity index is 535. The number of nitrogens with zero attached hydrogens (tertiary/aromatic N) is 1. The maximum atomic E-state index is 11.7. The number of hydrogen-bond donors (Lipinski definition) is 2. The highest BCUT2D eigenvalue weighted by Gasteiger charge is 2.37. The number of anilines is 1. The number of benzene rings is 1. The number of amides is 1. The summed E-state index contributed by atoms with van der Waals surface area (Å²) in [6.07, 6.45) is 4.91. The van der Waals surface area contributed by atoms with Crippen molar-refractivity contribution < 1.29 is 4.79 Å². The van der Waals surface area contributed by atoms with Crippen LogP contribution >= 0.6 is 11.6 Å². The topological polar surface area (TPSA) is 58.4 Å².